The second-order valence-corrected chi connectivity index (χ2v) is 6.48. The van der Waals surface area contributed by atoms with E-state index in [0.29, 0.717) is 36.7 Å². The first-order valence-electron chi connectivity index (χ1n) is 8.45. The minimum absolute atomic E-state index is 0.133. The Morgan fingerprint density at radius 2 is 1.80 bits per heavy atom. The van der Waals surface area contributed by atoms with Gasteiger partial charge in [0.2, 0.25) is 5.91 Å². The molecular formula is C17H24N3O5-. The number of rotatable bonds is 6. The van der Waals surface area contributed by atoms with Crippen LogP contribution >= 0.6 is 0 Å². The van der Waals surface area contributed by atoms with Crippen LogP contribution in [0.5, 0.6) is 11.5 Å². The predicted molar refractivity (Wildman–Crippen MR) is 91.8 cm³/mol. The number of hydrogen-bond donors (Lipinski definition) is 1. The van der Waals surface area contributed by atoms with Crippen LogP contribution in [0.1, 0.15) is 18.4 Å². The fraction of sp³-hybridized carbons (Fsp3) is 0.588. The standard InChI is InChI=1S/C17H24N3O5/c1-24-15-9-13(14(20(22)23)10-16(15)25-2)11-18-5-7-19(8-6-18)17(21)12-3-4-12/h9-10,12,22H,3-8,11H2,1-2H3/q-1. The lowest BCUT2D eigenvalue weighted by Gasteiger charge is -2.36. The van der Waals surface area contributed by atoms with Gasteiger partial charge in [0.1, 0.15) is 0 Å². The van der Waals surface area contributed by atoms with E-state index in [1.807, 2.05) is 4.90 Å². The van der Waals surface area contributed by atoms with E-state index in [9.17, 15) is 15.2 Å². The van der Waals surface area contributed by atoms with Gasteiger partial charge in [-0.3, -0.25) is 14.9 Å². The Balaban J connectivity index is 1.68. The quantitative estimate of drug-likeness (QED) is 0.777. The van der Waals surface area contributed by atoms with Crippen LogP contribution in [-0.2, 0) is 11.3 Å². The molecule has 1 aliphatic heterocycles. The second kappa shape index (κ2) is 7.47. The van der Waals surface area contributed by atoms with Gasteiger partial charge in [-0.1, -0.05) is 0 Å². The molecule has 0 bridgehead atoms. The number of hydrogen-bond acceptors (Lipinski definition) is 7. The molecule has 1 aromatic rings. The van der Waals surface area contributed by atoms with E-state index in [1.165, 1.54) is 20.3 Å². The van der Waals surface area contributed by atoms with E-state index in [1.54, 1.807) is 6.07 Å². The van der Waals surface area contributed by atoms with Gasteiger partial charge < -0.3 is 24.8 Å². The van der Waals surface area contributed by atoms with Crippen molar-refractivity contribution in [1.29, 1.82) is 0 Å². The second-order valence-electron chi connectivity index (χ2n) is 6.48. The summed E-state index contributed by atoms with van der Waals surface area (Å²) in [6.07, 6.45) is 2.04. The zero-order valence-electron chi connectivity index (χ0n) is 14.6. The highest BCUT2D eigenvalue weighted by Gasteiger charge is 2.34. The summed E-state index contributed by atoms with van der Waals surface area (Å²) in [5.74, 6) is 1.40. The molecular weight excluding hydrogens is 326 g/mol. The Morgan fingerprint density at radius 3 is 2.32 bits per heavy atom. The fourth-order valence-electron chi connectivity index (χ4n) is 3.17. The molecule has 0 aromatic heterocycles. The third kappa shape index (κ3) is 3.97. The highest BCUT2D eigenvalue weighted by atomic mass is 16.8. The molecule has 8 nitrogen and oxygen atoms in total. The minimum Gasteiger partial charge on any atom is -0.733 e. The van der Waals surface area contributed by atoms with E-state index >= 15 is 0 Å². The van der Waals surface area contributed by atoms with Gasteiger partial charge in [0.25, 0.3) is 0 Å². The van der Waals surface area contributed by atoms with Crippen LogP contribution in [0.4, 0.5) is 5.69 Å². The third-order valence-corrected chi connectivity index (χ3v) is 4.80. The summed E-state index contributed by atoms with van der Waals surface area (Å²) < 4.78 is 10.5. The third-order valence-electron chi connectivity index (χ3n) is 4.80. The van der Waals surface area contributed by atoms with Gasteiger partial charge in [-0.2, -0.15) is 0 Å². The number of ether oxygens (including phenoxy) is 2. The van der Waals surface area contributed by atoms with Crippen LogP contribution < -0.4 is 14.7 Å². The molecule has 2 fully saturated rings. The molecule has 0 radical (unpaired) electrons. The monoisotopic (exact) mass is 350 g/mol. The zero-order valence-corrected chi connectivity index (χ0v) is 14.6. The molecule has 138 valence electrons. The van der Waals surface area contributed by atoms with Crippen LogP contribution in [0.25, 0.3) is 0 Å². The molecule has 1 saturated heterocycles. The summed E-state index contributed by atoms with van der Waals surface area (Å²) in [5, 5.41) is 20.8. The molecule has 8 heteroatoms. The van der Waals surface area contributed by atoms with E-state index in [4.69, 9.17) is 9.47 Å². The molecule has 1 aromatic carbocycles. The Morgan fingerprint density at radius 1 is 1.20 bits per heavy atom. The van der Waals surface area contributed by atoms with E-state index in [2.05, 4.69) is 4.90 Å². The van der Waals surface area contributed by atoms with Gasteiger partial charge in [-0.15, -0.1) is 0 Å². The number of carbonyl (C=O) groups is 1. The fourth-order valence-corrected chi connectivity index (χ4v) is 3.17. The van der Waals surface area contributed by atoms with Crippen LogP contribution in [-0.4, -0.2) is 61.3 Å². The van der Waals surface area contributed by atoms with Crippen LogP contribution in [0.15, 0.2) is 12.1 Å². The van der Waals surface area contributed by atoms with E-state index in [0.717, 1.165) is 25.9 Å². The maximum absolute atomic E-state index is 12.1. The van der Waals surface area contributed by atoms with Crippen LogP contribution in [0.2, 0.25) is 0 Å². The molecule has 0 atom stereocenters. The van der Waals surface area contributed by atoms with Gasteiger partial charge in [-0.05, 0) is 24.5 Å². The molecule has 1 amide bonds. The van der Waals surface area contributed by atoms with E-state index in [-0.39, 0.29) is 22.7 Å². The van der Waals surface area contributed by atoms with Crippen molar-refractivity contribution >= 4 is 11.6 Å². The lowest BCUT2D eigenvalue weighted by Crippen LogP contribution is -2.48. The van der Waals surface area contributed by atoms with Crippen molar-refractivity contribution in [2.75, 3.05) is 45.6 Å². The molecule has 25 heavy (non-hydrogen) atoms. The summed E-state index contributed by atoms with van der Waals surface area (Å²) >= 11 is 0. The van der Waals surface area contributed by atoms with E-state index < -0.39 is 0 Å². The molecule has 1 heterocycles. The largest absolute Gasteiger partial charge is 0.733 e. The number of benzene rings is 1. The van der Waals surface area contributed by atoms with Crippen molar-refractivity contribution in [2.24, 2.45) is 5.92 Å². The van der Waals surface area contributed by atoms with Crippen LogP contribution in [0.3, 0.4) is 0 Å². The Labute approximate surface area is 147 Å². The highest BCUT2D eigenvalue weighted by Crippen LogP contribution is 2.35. The molecule has 1 aliphatic carbocycles. The summed E-state index contributed by atoms with van der Waals surface area (Å²) in [5.41, 5.74) is 0.784. The lowest BCUT2D eigenvalue weighted by molar-refractivity contribution is -0.134. The average molecular weight is 350 g/mol. The Kier molecular flexibility index (Phi) is 5.31. The van der Waals surface area contributed by atoms with Crippen molar-refractivity contribution in [3.63, 3.8) is 0 Å². The number of piperazine rings is 1. The maximum Gasteiger partial charge on any atom is 0.225 e. The lowest BCUT2D eigenvalue weighted by atomic mass is 10.1. The molecule has 0 unspecified atom stereocenters. The number of anilines is 1. The topological polar surface area (TPSA) is 88.5 Å². The number of carbonyl (C=O) groups excluding carboxylic acids is 1. The summed E-state index contributed by atoms with van der Waals surface area (Å²) in [4.78, 5) is 16.2. The highest BCUT2D eigenvalue weighted by molar-refractivity contribution is 5.81. The van der Waals surface area contributed by atoms with Crippen molar-refractivity contribution in [3.8, 4) is 11.5 Å². The summed E-state index contributed by atoms with van der Waals surface area (Å²) in [7, 11) is 3.00. The summed E-state index contributed by atoms with van der Waals surface area (Å²) in [6, 6.07) is 3.17. The molecule has 1 N–H and O–H groups in total. The first-order chi connectivity index (χ1) is 12.0. The van der Waals surface area contributed by atoms with Crippen molar-refractivity contribution in [2.45, 2.75) is 19.4 Å². The Hall–Kier alpha value is -2.03. The first kappa shape index (κ1) is 17.8. The summed E-state index contributed by atoms with van der Waals surface area (Å²) in [6.45, 7) is 3.34. The number of amides is 1. The normalized spacial score (nSPS) is 18.2. The van der Waals surface area contributed by atoms with Crippen molar-refractivity contribution < 1.29 is 19.5 Å². The van der Waals surface area contributed by atoms with Gasteiger partial charge in [-0.25, -0.2) is 0 Å². The minimum atomic E-state index is -0.149. The van der Waals surface area contributed by atoms with Crippen molar-refractivity contribution in [3.05, 3.63) is 22.9 Å². The number of methoxy groups -OCH3 is 2. The van der Waals surface area contributed by atoms with Gasteiger partial charge in [0.05, 0.1) is 19.9 Å². The molecule has 2 aliphatic rings. The smallest absolute Gasteiger partial charge is 0.225 e. The SMILES string of the molecule is COc1cc(CN2CCN(C(=O)C3CC3)CC2)c(N([O-])O)cc1OC. The zero-order chi connectivity index (χ0) is 18.0. The van der Waals surface area contributed by atoms with Crippen molar-refractivity contribution in [1.82, 2.24) is 9.80 Å². The van der Waals surface area contributed by atoms with Gasteiger partial charge in [0.15, 0.2) is 11.5 Å². The molecule has 1 saturated carbocycles. The first-order valence-corrected chi connectivity index (χ1v) is 8.45. The van der Waals surface area contributed by atoms with Gasteiger partial charge >= 0.3 is 0 Å². The maximum atomic E-state index is 12.1. The predicted octanol–water partition coefficient (Wildman–Crippen LogP) is 1.45. The van der Waals surface area contributed by atoms with Crippen LogP contribution in [0, 0.1) is 11.1 Å². The Bertz CT molecular complexity index is 625. The molecule has 0 spiro atoms. The average Bonchev–Trinajstić information content (AvgIpc) is 3.46. The molecule has 3 rings (SSSR count). The number of nitrogens with zero attached hydrogens (tertiary/aromatic N) is 3. The van der Waals surface area contributed by atoms with Gasteiger partial charge in [0, 0.05) is 44.7 Å².